The van der Waals surface area contributed by atoms with E-state index in [9.17, 15) is 4.79 Å². The third-order valence-electron chi connectivity index (χ3n) is 3.01. The lowest BCUT2D eigenvalue weighted by Gasteiger charge is -2.32. The van der Waals surface area contributed by atoms with Gasteiger partial charge in [-0.1, -0.05) is 19.8 Å². The first kappa shape index (κ1) is 12.3. The number of hydrogen-bond donors (Lipinski definition) is 0. The molecule has 0 aromatic heterocycles. The molecule has 1 saturated heterocycles. The van der Waals surface area contributed by atoms with Crippen molar-refractivity contribution < 1.29 is 9.53 Å². The van der Waals surface area contributed by atoms with E-state index < -0.39 is 0 Å². The Morgan fingerprint density at radius 2 is 2.20 bits per heavy atom. The SMILES string of the molecule is CCCCCOC(=O)N1CCCC[C@@H]1C. The Bertz CT molecular complexity index is 194. The molecule has 1 atom stereocenters. The summed E-state index contributed by atoms with van der Waals surface area (Å²) in [5.74, 6) is 0. The molecule has 1 aliphatic heterocycles. The quantitative estimate of drug-likeness (QED) is 0.671. The minimum atomic E-state index is -0.113. The van der Waals surface area contributed by atoms with Crippen molar-refractivity contribution in [2.24, 2.45) is 0 Å². The molecule has 1 aliphatic rings. The zero-order valence-corrected chi connectivity index (χ0v) is 10.00. The lowest BCUT2D eigenvalue weighted by atomic mass is 10.0. The molecule has 0 aromatic carbocycles. The van der Waals surface area contributed by atoms with E-state index in [0.29, 0.717) is 12.6 Å². The molecule has 0 aliphatic carbocycles. The maximum atomic E-state index is 11.7. The van der Waals surface area contributed by atoms with Gasteiger partial charge in [-0.3, -0.25) is 0 Å². The Kier molecular flexibility index (Phi) is 5.51. The van der Waals surface area contributed by atoms with Crippen LogP contribution in [0.5, 0.6) is 0 Å². The van der Waals surface area contributed by atoms with E-state index in [0.717, 1.165) is 38.6 Å². The van der Waals surface area contributed by atoms with Gasteiger partial charge in [0.15, 0.2) is 0 Å². The van der Waals surface area contributed by atoms with Crippen LogP contribution >= 0.6 is 0 Å². The number of unbranched alkanes of at least 4 members (excludes halogenated alkanes) is 2. The van der Waals surface area contributed by atoms with Gasteiger partial charge in [0, 0.05) is 12.6 Å². The van der Waals surface area contributed by atoms with Crippen molar-refractivity contribution in [1.82, 2.24) is 4.90 Å². The smallest absolute Gasteiger partial charge is 0.409 e. The van der Waals surface area contributed by atoms with Gasteiger partial charge in [-0.2, -0.15) is 0 Å². The molecule has 3 nitrogen and oxygen atoms in total. The van der Waals surface area contributed by atoms with Gasteiger partial charge in [0.25, 0.3) is 0 Å². The van der Waals surface area contributed by atoms with Crippen molar-refractivity contribution in [1.29, 1.82) is 0 Å². The third-order valence-corrected chi connectivity index (χ3v) is 3.01. The molecule has 0 N–H and O–H groups in total. The molecule has 3 heteroatoms. The van der Waals surface area contributed by atoms with E-state index >= 15 is 0 Å². The van der Waals surface area contributed by atoms with E-state index in [1.807, 2.05) is 4.90 Å². The number of carbonyl (C=O) groups is 1. The van der Waals surface area contributed by atoms with Crippen LogP contribution in [0.3, 0.4) is 0 Å². The lowest BCUT2D eigenvalue weighted by Crippen LogP contribution is -2.42. The van der Waals surface area contributed by atoms with Crippen molar-refractivity contribution in [3.8, 4) is 0 Å². The fraction of sp³-hybridized carbons (Fsp3) is 0.917. The minimum absolute atomic E-state index is 0.113. The van der Waals surface area contributed by atoms with Gasteiger partial charge in [-0.15, -0.1) is 0 Å². The van der Waals surface area contributed by atoms with E-state index in [1.54, 1.807) is 0 Å². The van der Waals surface area contributed by atoms with Crippen LogP contribution in [-0.4, -0.2) is 30.2 Å². The lowest BCUT2D eigenvalue weighted by molar-refractivity contribution is 0.0761. The predicted molar refractivity (Wildman–Crippen MR) is 60.9 cm³/mol. The van der Waals surface area contributed by atoms with Gasteiger partial charge in [-0.25, -0.2) is 4.79 Å². The first-order valence-corrected chi connectivity index (χ1v) is 6.19. The zero-order valence-electron chi connectivity index (χ0n) is 10.00. The second-order valence-electron chi connectivity index (χ2n) is 4.36. The second kappa shape index (κ2) is 6.70. The first-order valence-electron chi connectivity index (χ1n) is 6.19. The summed E-state index contributed by atoms with van der Waals surface area (Å²) in [6.45, 7) is 5.70. The molecular formula is C12H23NO2. The largest absolute Gasteiger partial charge is 0.449 e. The van der Waals surface area contributed by atoms with Crippen LogP contribution in [0, 0.1) is 0 Å². The number of amides is 1. The van der Waals surface area contributed by atoms with Crippen LogP contribution in [0.1, 0.15) is 52.4 Å². The fourth-order valence-electron chi connectivity index (χ4n) is 1.96. The number of hydrogen-bond acceptors (Lipinski definition) is 2. The number of piperidine rings is 1. The number of carbonyl (C=O) groups excluding carboxylic acids is 1. The molecule has 1 fully saturated rings. The molecule has 1 amide bonds. The highest BCUT2D eigenvalue weighted by Gasteiger charge is 2.23. The van der Waals surface area contributed by atoms with Gasteiger partial charge >= 0.3 is 6.09 Å². The molecule has 0 saturated carbocycles. The average molecular weight is 213 g/mol. The third kappa shape index (κ3) is 4.10. The molecule has 0 bridgehead atoms. The minimum Gasteiger partial charge on any atom is -0.449 e. The highest BCUT2D eigenvalue weighted by molar-refractivity contribution is 5.68. The summed E-state index contributed by atoms with van der Waals surface area (Å²) in [5, 5.41) is 0. The molecule has 88 valence electrons. The van der Waals surface area contributed by atoms with Crippen LogP contribution in [0.25, 0.3) is 0 Å². The number of likely N-dealkylation sites (tertiary alicyclic amines) is 1. The highest BCUT2D eigenvalue weighted by Crippen LogP contribution is 2.17. The molecule has 1 rings (SSSR count). The molecule has 1 heterocycles. The molecule has 0 aromatic rings. The van der Waals surface area contributed by atoms with Crippen LogP contribution < -0.4 is 0 Å². The first-order chi connectivity index (χ1) is 7.25. The van der Waals surface area contributed by atoms with E-state index in [-0.39, 0.29) is 6.09 Å². The fourth-order valence-corrected chi connectivity index (χ4v) is 1.96. The van der Waals surface area contributed by atoms with Crippen molar-refractivity contribution >= 4 is 6.09 Å². The Morgan fingerprint density at radius 3 is 2.87 bits per heavy atom. The van der Waals surface area contributed by atoms with Crippen molar-refractivity contribution in [3.63, 3.8) is 0 Å². The van der Waals surface area contributed by atoms with Crippen molar-refractivity contribution in [3.05, 3.63) is 0 Å². The van der Waals surface area contributed by atoms with Gasteiger partial charge in [0.05, 0.1) is 6.61 Å². The van der Waals surface area contributed by atoms with E-state index in [2.05, 4.69) is 13.8 Å². The van der Waals surface area contributed by atoms with Crippen LogP contribution in [0.15, 0.2) is 0 Å². The van der Waals surface area contributed by atoms with Gasteiger partial charge in [0.1, 0.15) is 0 Å². The summed E-state index contributed by atoms with van der Waals surface area (Å²) in [6.07, 6.45) is 6.66. The summed E-state index contributed by atoms with van der Waals surface area (Å²) >= 11 is 0. The van der Waals surface area contributed by atoms with Crippen LogP contribution in [0.2, 0.25) is 0 Å². The summed E-state index contributed by atoms with van der Waals surface area (Å²) in [6, 6.07) is 0.359. The Hall–Kier alpha value is -0.730. The molecule has 0 radical (unpaired) electrons. The average Bonchev–Trinajstić information content (AvgIpc) is 2.25. The molecule has 0 unspecified atom stereocenters. The topological polar surface area (TPSA) is 29.5 Å². The zero-order chi connectivity index (χ0) is 11.1. The van der Waals surface area contributed by atoms with Crippen LogP contribution in [0.4, 0.5) is 4.79 Å². The summed E-state index contributed by atoms with van der Waals surface area (Å²) in [7, 11) is 0. The summed E-state index contributed by atoms with van der Waals surface area (Å²) in [4.78, 5) is 13.5. The Labute approximate surface area is 92.8 Å². The predicted octanol–water partition coefficient (Wildman–Crippen LogP) is 3.19. The number of nitrogens with zero attached hydrogens (tertiary/aromatic N) is 1. The second-order valence-corrected chi connectivity index (χ2v) is 4.36. The number of rotatable bonds is 4. The Morgan fingerprint density at radius 1 is 1.40 bits per heavy atom. The van der Waals surface area contributed by atoms with Gasteiger partial charge in [-0.05, 0) is 32.6 Å². The van der Waals surface area contributed by atoms with Gasteiger partial charge in [0.2, 0.25) is 0 Å². The monoisotopic (exact) mass is 213 g/mol. The Balaban J connectivity index is 2.20. The van der Waals surface area contributed by atoms with Crippen molar-refractivity contribution in [2.75, 3.05) is 13.2 Å². The molecular weight excluding hydrogens is 190 g/mol. The van der Waals surface area contributed by atoms with E-state index in [1.165, 1.54) is 6.42 Å². The molecule has 0 spiro atoms. The maximum Gasteiger partial charge on any atom is 0.409 e. The van der Waals surface area contributed by atoms with Gasteiger partial charge < -0.3 is 9.64 Å². The number of ether oxygens (including phenoxy) is 1. The van der Waals surface area contributed by atoms with Crippen LogP contribution in [-0.2, 0) is 4.74 Å². The standard InChI is InChI=1S/C12H23NO2/c1-3-4-7-10-15-12(14)13-9-6-5-8-11(13)2/h11H,3-10H2,1-2H3/t11-/m0/s1. The molecule has 15 heavy (non-hydrogen) atoms. The maximum absolute atomic E-state index is 11.7. The summed E-state index contributed by atoms with van der Waals surface area (Å²) in [5.41, 5.74) is 0. The highest BCUT2D eigenvalue weighted by atomic mass is 16.6. The van der Waals surface area contributed by atoms with Crippen molar-refractivity contribution in [2.45, 2.75) is 58.4 Å². The normalized spacial score (nSPS) is 21.5. The summed E-state index contributed by atoms with van der Waals surface area (Å²) < 4.78 is 5.24. The van der Waals surface area contributed by atoms with E-state index in [4.69, 9.17) is 4.74 Å².